The van der Waals surface area contributed by atoms with Gasteiger partial charge in [0.15, 0.2) is 0 Å². The van der Waals surface area contributed by atoms with Gasteiger partial charge in [-0.2, -0.15) is 10.1 Å². The minimum absolute atomic E-state index is 0.00517. The predicted molar refractivity (Wildman–Crippen MR) is 131 cm³/mol. The topological polar surface area (TPSA) is 124 Å². The van der Waals surface area contributed by atoms with Crippen molar-refractivity contribution in [2.45, 2.75) is 31.9 Å². The van der Waals surface area contributed by atoms with Gasteiger partial charge < -0.3 is 19.3 Å². The zero-order chi connectivity index (χ0) is 27.6. The first-order chi connectivity index (χ1) is 18.6. The molecule has 39 heavy (non-hydrogen) atoms. The smallest absolute Gasteiger partial charge is 0.406 e. The zero-order valence-electron chi connectivity index (χ0n) is 20.3. The molecule has 1 fully saturated rings. The van der Waals surface area contributed by atoms with Gasteiger partial charge in [-0.05, 0) is 60.9 Å². The van der Waals surface area contributed by atoms with Crippen LogP contribution in [0.4, 0.5) is 13.2 Å². The van der Waals surface area contributed by atoms with E-state index in [1.165, 1.54) is 28.9 Å². The van der Waals surface area contributed by atoms with Gasteiger partial charge in [0.2, 0.25) is 5.82 Å². The number of carbonyl (C=O) groups excluding carboxylic acids is 1. The van der Waals surface area contributed by atoms with E-state index in [1.807, 2.05) is 0 Å². The van der Waals surface area contributed by atoms with Crippen molar-refractivity contribution in [3.8, 4) is 28.7 Å². The second-order valence-electron chi connectivity index (χ2n) is 8.93. The molecule has 1 aliphatic rings. The second kappa shape index (κ2) is 10.7. The molecule has 13 heteroatoms. The first kappa shape index (κ1) is 26.1. The van der Waals surface area contributed by atoms with Gasteiger partial charge in [0.25, 0.3) is 17.4 Å². The summed E-state index contributed by atoms with van der Waals surface area (Å²) in [6.45, 7) is 1.03. The number of likely N-dealkylation sites (tertiary alicyclic amines) is 1. The molecular weight excluding hydrogens is 519 g/mol. The van der Waals surface area contributed by atoms with E-state index in [0.717, 1.165) is 12.1 Å². The lowest BCUT2D eigenvalue weighted by molar-refractivity contribution is -0.274. The minimum atomic E-state index is -4.80. The van der Waals surface area contributed by atoms with E-state index >= 15 is 0 Å². The number of carbonyl (C=O) groups is 1. The second-order valence-corrected chi connectivity index (χ2v) is 8.93. The molecule has 4 aromatic rings. The number of piperidine rings is 1. The van der Waals surface area contributed by atoms with Crippen LogP contribution >= 0.6 is 0 Å². The number of amides is 1. The van der Waals surface area contributed by atoms with E-state index in [-0.39, 0.29) is 47.3 Å². The van der Waals surface area contributed by atoms with Crippen LogP contribution in [0.5, 0.6) is 5.75 Å². The van der Waals surface area contributed by atoms with Crippen molar-refractivity contribution in [1.82, 2.24) is 24.8 Å². The molecule has 1 N–H and O–H groups in total. The average Bonchev–Trinajstić information content (AvgIpc) is 3.40. The highest BCUT2D eigenvalue weighted by atomic mass is 19.4. The van der Waals surface area contributed by atoms with Gasteiger partial charge in [-0.15, -0.1) is 13.2 Å². The van der Waals surface area contributed by atoms with Gasteiger partial charge in [-0.3, -0.25) is 9.59 Å². The summed E-state index contributed by atoms with van der Waals surface area (Å²) in [5, 5.41) is 17.9. The van der Waals surface area contributed by atoms with Crippen LogP contribution in [-0.2, 0) is 6.54 Å². The fourth-order valence-corrected chi connectivity index (χ4v) is 4.15. The van der Waals surface area contributed by atoms with Gasteiger partial charge in [0, 0.05) is 30.3 Å². The van der Waals surface area contributed by atoms with Crippen LogP contribution in [0.3, 0.4) is 0 Å². The molecule has 202 valence electrons. The predicted octanol–water partition coefficient (Wildman–Crippen LogP) is 3.50. The number of aliphatic hydroxyl groups is 1. The number of halogens is 3. The Balaban J connectivity index is 1.32. The molecule has 1 aliphatic heterocycles. The summed E-state index contributed by atoms with van der Waals surface area (Å²) < 4.78 is 47.5. The van der Waals surface area contributed by atoms with Crippen LogP contribution < -0.4 is 10.3 Å². The Kier molecular flexibility index (Phi) is 7.15. The standard InChI is InChI=1S/C26H22F3N5O5/c27-26(28,29)38-20-6-4-17(5-7-20)23-30-24(39-32-23)21-8-9-22(36)34(31-21)15-16-2-1-3-18(14-16)25(37)33-12-10-19(35)11-13-33/h1-9,14,19,35H,10-13,15H2. The van der Waals surface area contributed by atoms with Crippen LogP contribution in [0.15, 0.2) is 70.0 Å². The van der Waals surface area contributed by atoms with Crippen molar-refractivity contribution >= 4 is 5.91 Å². The molecule has 0 aliphatic carbocycles. The largest absolute Gasteiger partial charge is 0.573 e. The fourth-order valence-electron chi connectivity index (χ4n) is 4.15. The minimum Gasteiger partial charge on any atom is -0.406 e. The van der Waals surface area contributed by atoms with E-state index in [4.69, 9.17) is 4.52 Å². The van der Waals surface area contributed by atoms with Crippen LogP contribution in [-0.4, -0.2) is 61.4 Å². The maximum atomic E-state index is 12.9. The highest BCUT2D eigenvalue weighted by Crippen LogP contribution is 2.26. The number of nitrogens with zero attached hydrogens (tertiary/aromatic N) is 5. The van der Waals surface area contributed by atoms with Crippen LogP contribution in [0.2, 0.25) is 0 Å². The number of benzene rings is 2. The van der Waals surface area contributed by atoms with Crippen molar-refractivity contribution < 1.29 is 32.3 Å². The molecule has 0 saturated carbocycles. The molecule has 2 aromatic carbocycles. The summed E-state index contributed by atoms with van der Waals surface area (Å²) in [6, 6.07) is 14.6. The first-order valence-corrected chi connectivity index (χ1v) is 12.0. The zero-order valence-corrected chi connectivity index (χ0v) is 20.3. The van der Waals surface area contributed by atoms with Crippen LogP contribution in [0.25, 0.3) is 23.0 Å². The van der Waals surface area contributed by atoms with E-state index in [1.54, 1.807) is 29.2 Å². The van der Waals surface area contributed by atoms with E-state index in [9.17, 15) is 27.9 Å². The number of alkyl halides is 3. The van der Waals surface area contributed by atoms with Crippen LogP contribution in [0.1, 0.15) is 28.8 Å². The molecule has 1 saturated heterocycles. The molecule has 0 bridgehead atoms. The molecule has 10 nitrogen and oxygen atoms in total. The Labute approximate surface area is 219 Å². The monoisotopic (exact) mass is 541 g/mol. The number of aromatic nitrogens is 4. The van der Waals surface area contributed by atoms with Gasteiger partial charge >= 0.3 is 6.36 Å². The summed E-state index contributed by atoms with van der Waals surface area (Å²) >= 11 is 0. The van der Waals surface area contributed by atoms with Crippen molar-refractivity contribution in [2.24, 2.45) is 0 Å². The van der Waals surface area contributed by atoms with E-state index in [2.05, 4.69) is 20.0 Å². The first-order valence-electron chi connectivity index (χ1n) is 12.0. The maximum absolute atomic E-state index is 12.9. The third-order valence-electron chi connectivity index (χ3n) is 6.12. The van der Waals surface area contributed by atoms with Crippen molar-refractivity contribution in [3.05, 3.63) is 82.1 Å². The lowest BCUT2D eigenvalue weighted by Crippen LogP contribution is -2.40. The third kappa shape index (κ3) is 6.32. The molecule has 2 aromatic heterocycles. The lowest BCUT2D eigenvalue weighted by Gasteiger charge is -2.29. The molecule has 5 rings (SSSR count). The molecule has 0 atom stereocenters. The maximum Gasteiger partial charge on any atom is 0.573 e. The Morgan fingerprint density at radius 3 is 2.54 bits per heavy atom. The number of rotatable bonds is 6. The number of ether oxygens (including phenoxy) is 1. The summed E-state index contributed by atoms with van der Waals surface area (Å²) in [5.41, 5.74) is 1.36. The Morgan fingerprint density at radius 1 is 1.08 bits per heavy atom. The van der Waals surface area contributed by atoms with Gasteiger partial charge in [0.1, 0.15) is 11.4 Å². The Bertz CT molecular complexity index is 1530. The fraction of sp³-hybridized carbons (Fsp3) is 0.269. The molecule has 0 spiro atoms. The van der Waals surface area contributed by atoms with Crippen LogP contribution in [0, 0.1) is 0 Å². The number of aliphatic hydroxyl groups excluding tert-OH is 1. The van der Waals surface area contributed by atoms with E-state index < -0.39 is 6.36 Å². The summed E-state index contributed by atoms with van der Waals surface area (Å²) in [6.07, 6.45) is -4.12. The summed E-state index contributed by atoms with van der Waals surface area (Å²) in [7, 11) is 0. The molecule has 3 heterocycles. The van der Waals surface area contributed by atoms with E-state index in [0.29, 0.717) is 42.6 Å². The van der Waals surface area contributed by atoms with Gasteiger partial charge in [-0.25, -0.2) is 4.68 Å². The van der Waals surface area contributed by atoms with Crippen molar-refractivity contribution in [1.29, 1.82) is 0 Å². The number of hydrogen-bond donors (Lipinski definition) is 1. The third-order valence-corrected chi connectivity index (χ3v) is 6.12. The van der Waals surface area contributed by atoms with Crippen molar-refractivity contribution in [2.75, 3.05) is 13.1 Å². The van der Waals surface area contributed by atoms with Crippen molar-refractivity contribution in [3.63, 3.8) is 0 Å². The SMILES string of the molecule is O=C(c1cccc(Cn2nc(-c3nc(-c4ccc(OC(F)(F)F)cc4)no3)ccc2=O)c1)N1CCC(O)CC1. The summed E-state index contributed by atoms with van der Waals surface area (Å²) in [5.74, 6) is -0.413. The normalized spacial score (nSPS) is 14.4. The molecule has 0 unspecified atom stereocenters. The Hall–Kier alpha value is -4.52. The molecule has 0 radical (unpaired) electrons. The quantitative estimate of drug-likeness (QED) is 0.394. The Morgan fingerprint density at radius 2 is 1.82 bits per heavy atom. The lowest BCUT2D eigenvalue weighted by atomic mass is 10.1. The molecular formula is C26H22F3N5O5. The summed E-state index contributed by atoms with van der Waals surface area (Å²) in [4.78, 5) is 31.3. The number of hydrogen-bond acceptors (Lipinski definition) is 8. The highest BCUT2D eigenvalue weighted by molar-refractivity contribution is 5.94. The highest BCUT2D eigenvalue weighted by Gasteiger charge is 2.31. The van der Waals surface area contributed by atoms with Gasteiger partial charge in [-0.1, -0.05) is 17.3 Å². The average molecular weight is 541 g/mol. The molecule has 1 amide bonds. The van der Waals surface area contributed by atoms with Gasteiger partial charge in [0.05, 0.1) is 12.6 Å².